The number of halogens is 2. The lowest BCUT2D eigenvalue weighted by Gasteiger charge is -2.44. The van der Waals surface area contributed by atoms with Gasteiger partial charge in [-0.05, 0) is 68.3 Å². The summed E-state index contributed by atoms with van der Waals surface area (Å²) in [4.78, 5) is 22.7. The number of hydrogen-bond donors (Lipinski definition) is 1. The maximum Gasteiger partial charge on any atom is 0.297 e. The lowest BCUT2D eigenvalue weighted by atomic mass is 9.76. The Hall–Kier alpha value is -3.66. The number of ether oxygens (including phenoxy) is 5. The highest BCUT2D eigenvalue weighted by molar-refractivity contribution is 5.84. The molecule has 1 aliphatic heterocycles. The summed E-state index contributed by atoms with van der Waals surface area (Å²) in [7, 11) is 5.06. The Bertz CT molecular complexity index is 1830. The molecular weight excluding hydrogens is 584 g/mol. The summed E-state index contributed by atoms with van der Waals surface area (Å²) in [5.74, 6) is -0.449. The van der Waals surface area contributed by atoms with Crippen molar-refractivity contribution in [2.75, 3.05) is 48.0 Å². The summed E-state index contributed by atoms with van der Waals surface area (Å²) in [5.41, 5.74) is -0.387. The molecule has 1 saturated heterocycles. The lowest BCUT2D eigenvalue weighted by molar-refractivity contribution is -0.256. The highest BCUT2D eigenvalue weighted by Gasteiger charge is 2.47. The van der Waals surface area contributed by atoms with Gasteiger partial charge in [0.2, 0.25) is 0 Å². The number of benzene rings is 2. The van der Waals surface area contributed by atoms with Crippen LogP contribution in [0.25, 0.3) is 22.6 Å². The third-order valence-electron chi connectivity index (χ3n) is 9.47. The minimum Gasteiger partial charge on any atom is -0.464 e. The second-order valence-electron chi connectivity index (χ2n) is 12.1. The number of nitrogens with one attached hydrogen (secondary N) is 1. The molecule has 1 N–H and O–H groups in total. The summed E-state index contributed by atoms with van der Waals surface area (Å²) < 4.78 is 60.1. The van der Waals surface area contributed by atoms with Gasteiger partial charge in [-0.15, -0.1) is 6.42 Å². The standard InChI is InChI=1S/C34H37F2N3O6/c1-5-22-26(35)12-9-21-16-34(44-19-41-3,45-20-42-4)17-25(28(21)22)23-10-11-24-30(29(23)36)37-32(38-31(24)40)43-18-33-13-6-8-27(33)39(2)15-7-14-33/h1,9-12,16,27H,6-8,13-15,17-20H2,2-4H3,(H,37,38,40)/t27-,33-/m1/s1. The molecule has 2 heterocycles. The van der Waals surface area contributed by atoms with E-state index in [4.69, 9.17) is 30.1 Å². The number of fused-ring (bicyclic) bond motifs is 3. The van der Waals surface area contributed by atoms with Crippen LogP contribution in [-0.4, -0.2) is 74.7 Å². The summed E-state index contributed by atoms with van der Waals surface area (Å²) in [6, 6.07) is 6.06. The molecule has 11 heteroatoms. The largest absolute Gasteiger partial charge is 0.464 e. The number of piperidine rings is 1. The van der Waals surface area contributed by atoms with Gasteiger partial charge in [-0.1, -0.05) is 24.5 Å². The van der Waals surface area contributed by atoms with Crippen LogP contribution in [0.15, 0.2) is 29.1 Å². The van der Waals surface area contributed by atoms with Gasteiger partial charge in [0, 0.05) is 42.9 Å². The molecular formula is C34H37F2N3O6. The van der Waals surface area contributed by atoms with Gasteiger partial charge < -0.3 is 28.6 Å². The van der Waals surface area contributed by atoms with E-state index in [0.29, 0.717) is 28.7 Å². The van der Waals surface area contributed by atoms with E-state index in [1.807, 2.05) is 0 Å². The van der Waals surface area contributed by atoms with Crippen LogP contribution in [0.1, 0.15) is 49.7 Å². The van der Waals surface area contributed by atoms with E-state index in [1.165, 1.54) is 38.5 Å². The number of hydrogen-bond acceptors (Lipinski definition) is 8. The molecule has 0 amide bonds. The molecule has 0 spiro atoms. The number of aromatic nitrogens is 2. The van der Waals surface area contributed by atoms with Crippen molar-refractivity contribution in [1.82, 2.24) is 14.9 Å². The molecule has 9 nitrogen and oxygen atoms in total. The molecule has 2 aromatic carbocycles. The van der Waals surface area contributed by atoms with Crippen molar-refractivity contribution in [1.29, 1.82) is 0 Å². The van der Waals surface area contributed by atoms with Gasteiger partial charge in [0.25, 0.3) is 11.6 Å². The molecule has 3 aliphatic rings. The van der Waals surface area contributed by atoms with E-state index in [9.17, 15) is 4.79 Å². The van der Waals surface area contributed by atoms with E-state index in [-0.39, 0.29) is 53.5 Å². The Balaban J connectivity index is 1.47. The predicted octanol–water partition coefficient (Wildman–Crippen LogP) is 3.15. The van der Waals surface area contributed by atoms with Crippen LogP contribution in [0.5, 0.6) is 6.01 Å². The van der Waals surface area contributed by atoms with Gasteiger partial charge in [-0.3, -0.25) is 9.78 Å². The smallest absolute Gasteiger partial charge is 0.297 e. The molecule has 0 unspecified atom stereocenters. The van der Waals surface area contributed by atoms with Crippen molar-refractivity contribution in [3.05, 3.63) is 67.8 Å². The summed E-state index contributed by atoms with van der Waals surface area (Å²) in [5, 5.41) is 0.848. The quantitative estimate of drug-likeness (QED) is 0.273. The fourth-order valence-electron chi connectivity index (χ4n) is 7.42. The normalized spacial score (nSPS) is 22.5. The van der Waals surface area contributed by atoms with Gasteiger partial charge in [-0.25, -0.2) is 8.78 Å². The number of rotatable bonds is 10. The second-order valence-corrected chi connectivity index (χ2v) is 12.1. The van der Waals surface area contributed by atoms with Gasteiger partial charge in [-0.2, -0.15) is 4.98 Å². The van der Waals surface area contributed by atoms with Crippen LogP contribution in [-0.2, 0) is 18.9 Å². The van der Waals surface area contributed by atoms with Crippen LogP contribution >= 0.6 is 0 Å². The average Bonchev–Trinajstić information content (AvgIpc) is 3.48. The van der Waals surface area contributed by atoms with E-state index < -0.39 is 23.0 Å². The molecule has 2 aliphatic carbocycles. The molecule has 2 atom stereocenters. The number of nitrogens with zero attached hydrogens (tertiary/aromatic N) is 2. The molecule has 3 aromatic rings. The third-order valence-corrected chi connectivity index (χ3v) is 9.47. The monoisotopic (exact) mass is 621 g/mol. The number of H-pyrrole nitrogens is 1. The van der Waals surface area contributed by atoms with Crippen molar-refractivity contribution in [3.8, 4) is 18.4 Å². The number of terminal acetylenes is 1. The number of likely N-dealkylation sites (tertiary alicyclic amines) is 1. The van der Waals surface area contributed by atoms with Crippen molar-refractivity contribution in [2.45, 2.75) is 50.4 Å². The minimum atomic E-state index is -1.46. The van der Waals surface area contributed by atoms with Crippen molar-refractivity contribution < 1.29 is 32.5 Å². The zero-order valence-electron chi connectivity index (χ0n) is 25.7. The van der Waals surface area contributed by atoms with Gasteiger partial charge in [0.15, 0.2) is 11.6 Å². The number of aromatic amines is 1. The Morgan fingerprint density at radius 3 is 2.60 bits per heavy atom. The summed E-state index contributed by atoms with van der Waals surface area (Å²) in [6.07, 6.45) is 12.7. The van der Waals surface area contributed by atoms with E-state index in [1.54, 1.807) is 6.08 Å². The van der Waals surface area contributed by atoms with E-state index in [2.05, 4.69) is 27.8 Å². The predicted molar refractivity (Wildman–Crippen MR) is 164 cm³/mol. The maximum atomic E-state index is 16.7. The van der Waals surface area contributed by atoms with Gasteiger partial charge >= 0.3 is 0 Å². The molecule has 0 bridgehead atoms. The zero-order valence-corrected chi connectivity index (χ0v) is 25.7. The molecule has 1 aromatic heterocycles. The first-order valence-electron chi connectivity index (χ1n) is 15.1. The van der Waals surface area contributed by atoms with Gasteiger partial charge in [0.05, 0.1) is 17.6 Å². The number of methoxy groups -OCH3 is 2. The van der Waals surface area contributed by atoms with Crippen LogP contribution < -0.4 is 20.7 Å². The zero-order chi connectivity index (χ0) is 31.8. The van der Waals surface area contributed by atoms with Crippen LogP contribution in [0, 0.1) is 29.4 Å². The molecule has 0 radical (unpaired) electrons. The highest BCUT2D eigenvalue weighted by atomic mass is 19.1. The molecule has 6 rings (SSSR count). The topological polar surface area (TPSA) is 95.1 Å². The fraction of sp³-hybridized carbons (Fsp3) is 0.471. The summed E-state index contributed by atoms with van der Waals surface area (Å²) in [6.45, 7) is 1.12. The Kier molecular flexibility index (Phi) is 8.78. The van der Waals surface area contributed by atoms with Crippen molar-refractivity contribution in [3.63, 3.8) is 0 Å². The van der Waals surface area contributed by atoms with Crippen LogP contribution in [0.3, 0.4) is 0 Å². The average molecular weight is 622 g/mol. The van der Waals surface area contributed by atoms with Crippen LogP contribution in [0.4, 0.5) is 8.78 Å². The SMILES string of the molecule is C#Cc1c(F)ccc2c1=C(c1ccc3c(=O)[nH]c(OC[C@]45CCC[C@H]4N(C)CCC5)nc3c1F)CC(OCOC)(OCOC)C=2. The van der Waals surface area contributed by atoms with E-state index in [0.717, 1.165) is 38.6 Å². The molecule has 1 saturated carbocycles. The first-order chi connectivity index (χ1) is 21.7. The third kappa shape index (κ3) is 5.66. The minimum absolute atomic E-state index is 0.0314. The summed E-state index contributed by atoms with van der Waals surface area (Å²) >= 11 is 0. The molecule has 45 heavy (non-hydrogen) atoms. The second kappa shape index (κ2) is 12.6. The molecule has 238 valence electrons. The Labute approximate surface area is 259 Å². The van der Waals surface area contributed by atoms with Crippen molar-refractivity contribution >= 4 is 22.6 Å². The first kappa shape index (κ1) is 31.3. The Morgan fingerprint density at radius 1 is 1.11 bits per heavy atom. The first-order valence-corrected chi connectivity index (χ1v) is 15.1. The fourth-order valence-corrected chi connectivity index (χ4v) is 7.42. The maximum absolute atomic E-state index is 16.7. The van der Waals surface area contributed by atoms with Crippen molar-refractivity contribution in [2.24, 2.45) is 5.41 Å². The van der Waals surface area contributed by atoms with Gasteiger partial charge in [0.1, 0.15) is 24.9 Å². The highest BCUT2D eigenvalue weighted by Crippen LogP contribution is 2.47. The Morgan fingerprint density at radius 2 is 1.87 bits per heavy atom. The van der Waals surface area contributed by atoms with E-state index >= 15 is 8.78 Å². The van der Waals surface area contributed by atoms with Crippen LogP contribution in [0.2, 0.25) is 0 Å². The molecule has 2 fully saturated rings. The lowest BCUT2D eigenvalue weighted by Crippen LogP contribution is -2.50.